The quantitative estimate of drug-likeness (QED) is 0.719. The summed E-state index contributed by atoms with van der Waals surface area (Å²) < 4.78 is 0. The molecule has 0 rings (SSSR count). The maximum absolute atomic E-state index is 11.3. The molecule has 0 heterocycles. The smallest absolute Gasteiger partial charge is 0.237 e. The fraction of sp³-hybridized carbons (Fsp3) is 0.800. The van der Waals surface area contributed by atoms with Crippen molar-refractivity contribution >= 4 is 5.91 Å². The first-order valence-corrected chi connectivity index (χ1v) is 4.72. The van der Waals surface area contributed by atoms with Gasteiger partial charge in [0.1, 0.15) is 5.92 Å². The van der Waals surface area contributed by atoms with Gasteiger partial charge in [-0.25, -0.2) is 0 Å². The Labute approximate surface area is 80.1 Å². The van der Waals surface area contributed by atoms with Crippen molar-refractivity contribution < 1.29 is 4.79 Å². The van der Waals surface area contributed by atoms with Crippen LogP contribution in [0.1, 0.15) is 34.1 Å². The van der Waals surface area contributed by atoms with Gasteiger partial charge in [0, 0.05) is 6.04 Å². The predicted molar refractivity (Wildman–Crippen MR) is 51.8 cm³/mol. The molecule has 0 spiro atoms. The van der Waals surface area contributed by atoms with Crippen molar-refractivity contribution in [3.05, 3.63) is 0 Å². The van der Waals surface area contributed by atoms with E-state index in [-0.39, 0.29) is 11.9 Å². The van der Waals surface area contributed by atoms with E-state index >= 15 is 0 Å². The van der Waals surface area contributed by atoms with Crippen LogP contribution in [-0.2, 0) is 4.79 Å². The Morgan fingerprint density at radius 2 is 2.00 bits per heavy atom. The van der Waals surface area contributed by atoms with E-state index in [1.165, 1.54) is 0 Å². The Morgan fingerprint density at radius 1 is 1.46 bits per heavy atom. The third kappa shape index (κ3) is 3.93. The predicted octanol–water partition coefficient (Wildman–Crippen LogP) is 1.70. The molecule has 0 saturated heterocycles. The molecule has 0 aliphatic carbocycles. The molecule has 1 amide bonds. The van der Waals surface area contributed by atoms with E-state index in [0.29, 0.717) is 5.92 Å². The molecule has 0 fully saturated rings. The minimum atomic E-state index is -0.548. The molecule has 0 aliphatic rings. The third-order valence-corrected chi connectivity index (χ3v) is 2.16. The van der Waals surface area contributed by atoms with Crippen LogP contribution in [0.2, 0.25) is 0 Å². The Balaban J connectivity index is 4.11. The van der Waals surface area contributed by atoms with Crippen LogP contribution in [0.25, 0.3) is 0 Å². The zero-order valence-corrected chi connectivity index (χ0v) is 8.79. The molecule has 2 atom stereocenters. The topological polar surface area (TPSA) is 52.9 Å². The fourth-order valence-corrected chi connectivity index (χ4v) is 1.11. The second-order valence-corrected chi connectivity index (χ2v) is 3.62. The molecule has 0 aromatic rings. The van der Waals surface area contributed by atoms with Crippen molar-refractivity contribution in [2.24, 2.45) is 11.8 Å². The Kier molecular flexibility index (Phi) is 5.13. The van der Waals surface area contributed by atoms with E-state index in [2.05, 4.69) is 19.2 Å². The molecular weight excluding hydrogens is 164 g/mol. The van der Waals surface area contributed by atoms with E-state index in [0.717, 1.165) is 6.42 Å². The number of hydrogen-bond acceptors (Lipinski definition) is 2. The summed E-state index contributed by atoms with van der Waals surface area (Å²) in [5.41, 5.74) is 0. The van der Waals surface area contributed by atoms with Crippen LogP contribution in [0.5, 0.6) is 0 Å². The van der Waals surface area contributed by atoms with Crippen LogP contribution in [0.15, 0.2) is 0 Å². The highest BCUT2D eigenvalue weighted by molar-refractivity contribution is 5.80. The van der Waals surface area contributed by atoms with Gasteiger partial charge in [0.15, 0.2) is 0 Å². The summed E-state index contributed by atoms with van der Waals surface area (Å²) >= 11 is 0. The van der Waals surface area contributed by atoms with E-state index in [1.54, 1.807) is 6.92 Å². The van der Waals surface area contributed by atoms with Gasteiger partial charge < -0.3 is 5.32 Å². The van der Waals surface area contributed by atoms with E-state index in [1.807, 2.05) is 13.0 Å². The fourth-order valence-electron chi connectivity index (χ4n) is 1.11. The Bertz CT molecular complexity index is 205. The molecule has 3 heteroatoms. The van der Waals surface area contributed by atoms with E-state index in [9.17, 15) is 4.79 Å². The van der Waals surface area contributed by atoms with Gasteiger partial charge in [0.25, 0.3) is 0 Å². The monoisotopic (exact) mass is 182 g/mol. The molecular formula is C10H18N2O. The molecule has 2 unspecified atom stereocenters. The summed E-state index contributed by atoms with van der Waals surface area (Å²) in [4.78, 5) is 11.3. The van der Waals surface area contributed by atoms with Crippen LogP contribution >= 0.6 is 0 Å². The second kappa shape index (κ2) is 5.58. The number of nitrogens with one attached hydrogen (secondary N) is 1. The number of nitrogens with zero attached hydrogens (tertiary/aromatic N) is 1. The molecule has 0 aromatic heterocycles. The van der Waals surface area contributed by atoms with Crippen molar-refractivity contribution in [3.63, 3.8) is 0 Å². The summed E-state index contributed by atoms with van der Waals surface area (Å²) in [5, 5.41) is 11.4. The maximum atomic E-state index is 11.3. The van der Waals surface area contributed by atoms with Crippen molar-refractivity contribution in [3.8, 4) is 6.07 Å². The van der Waals surface area contributed by atoms with Gasteiger partial charge in [-0.05, 0) is 19.3 Å². The maximum Gasteiger partial charge on any atom is 0.237 e. The van der Waals surface area contributed by atoms with Crippen LogP contribution in [0.3, 0.4) is 0 Å². The normalized spacial score (nSPS) is 14.8. The molecule has 3 nitrogen and oxygen atoms in total. The Morgan fingerprint density at radius 3 is 2.31 bits per heavy atom. The first kappa shape index (κ1) is 12.0. The zero-order valence-electron chi connectivity index (χ0n) is 8.79. The van der Waals surface area contributed by atoms with Gasteiger partial charge in [-0.1, -0.05) is 20.8 Å². The average Bonchev–Trinajstić information content (AvgIpc) is 2.11. The minimum Gasteiger partial charge on any atom is -0.352 e. The average molecular weight is 182 g/mol. The number of nitriles is 1. The van der Waals surface area contributed by atoms with Gasteiger partial charge in [0.05, 0.1) is 6.07 Å². The molecule has 0 aliphatic heterocycles. The SMILES string of the molecule is CCC(NC(=O)C(C)C#N)C(C)C. The lowest BCUT2D eigenvalue weighted by molar-refractivity contribution is -0.124. The number of carbonyl (C=O) groups excluding carboxylic acids is 1. The first-order valence-electron chi connectivity index (χ1n) is 4.72. The number of hydrogen-bond donors (Lipinski definition) is 1. The number of amides is 1. The minimum absolute atomic E-state index is 0.164. The molecule has 74 valence electrons. The Hall–Kier alpha value is -1.04. The van der Waals surface area contributed by atoms with Crippen LogP contribution in [0.4, 0.5) is 0 Å². The zero-order chi connectivity index (χ0) is 10.4. The van der Waals surface area contributed by atoms with Gasteiger partial charge in [-0.3, -0.25) is 4.79 Å². The highest BCUT2D eigenvalue weighted by Crippen LogP contribution is 2.06. The first-order chi connectivity index (χ1) is 6.02. The molecule has 0 aromatic carbocycles. The molecule has 0 radical (unpaired) electrons. The van der Waals surface area contributed by atoms with Crippen molar-refractivity contribution in [1.29, 1.82) is 5.26 Å². The van der Waals surface area contributed by atoms with Gasteiger partial charge in [0.2, 0.25) is 5.91 Å². The van der Waals surface area contributed by atoms with E-state index in [4.69, 9.17) is 5.26 Å². The van der Waals surface area contributed by atoms with Crippen molar-refractivity contribution in [2.75, 3.05) is 0 Å². The number of carbonyl (C=O) groups is 1. The lowest BCUT2D eigenvalue weighted by atomic mass is 10.0. The lowest BCUT2D eigenvalue weighted by Crippen LogP contribution is -2.40. The molecule has 0 bridgehead atoms. The summed E-state index contributed by atoms with van der Waals surface area (Å²) in [6.45, 7) is 7.77. The highest BCUT2D eigenvalue weighted by atomic mass is 16.1. The summed E-state index contributed by atoms with van der Waals surface area (Å²) in [6.07, 6.45) is 0.904. The van der Waals surface area contributed by atoms with Crippen LogP contribution in [0, 0.1) is 23.2 Å². The standard InChI is InChI=1S/C10H18N2O/c1-5-9(7(2)3)12-10(13)8(4)6-11/h7-9H,5H2,1-4H3,(H,12,13). The lowest BCUT2D eigenvalue weighted by Gasteiger charge is -2.21. The highest BCUT2D eigenvalue weighted by Gasteiger charge is 2.17. The molecule has 1 N–H and O–H groups in total. The number of rotatable bonds is 4. The summed E-state index contributed by atoms with van der Waals surface area (Å²) in [7, 11) is 0. The summed E-state index contributed by atoms with van der Waals surface area (Å²) in [5.74, 6) is -0.296. The second-order valence-electron chi connectivity index (χ2n) is 3.62. The summed E-state index contributed by atoms with van der Waals surface area (Å²) in [6, 6.07) is 2.10. The third-order valence-electron chi connectivity index (χ3n) is 2.16. The van der Waals surface area contributed by atoms with Gasteiger partial charge in [-0.15, -0.1) is 0 Å². The van der Waals surface area contributed by atoms with Gasteiger partial charge >= 0.3 is 0 Å². The van der Waals surface area contributed by atoms with Gasteiger partial charge in [-0.2, -0.15) is 5.26 Å². The van der Waals surface area contributed by atoms with E-state index < -0.39 is 5.92 Å². The van der Waals surface area contributed by atoms with Crippen molar-refractivity contribution in [2.45, 2.75) is 40.2 Å². The largest absolute Gasteiger partial charge is 0.352 e. The van der Waals surface area contributed by atoms with Crippen LogP contribution < -0.4 is 5.32 Å². The van der Waals surface area contributed by atoms with Crippen LogP contribution in [-0.4, -0.2) is 11.9 Å². The van der Waals surface area contributed by atoms with Crippen molar-refractivity contribution in [1.82, 2.24) is 5.32 Å². The molecule has 13 heavy (non-hydrogen) atoms. The molecule has 0 saturated carbocycles.